The highest BCUT2D eigenvalue weighted by molar-refractivity contribution is 6.33. The number of nitrogens with zero attached hydrogens (tertiary/aromatic N) is 4. The summed E-state index contributed by atoms with van der Waals surface area (Å²) >= 11 is 6.32. The molecule has 0 saturated carbocycles. The first kappa shape index (κ1) is 16.7. The minimum atomic E-state index is -0.416. The summed E-state index contributed by atoms with van der Waals surface area (Å²) in [5.41, 5.74) is 1.39. The van der Waals surface area contributed by atoms with Crippen LogP contribution in [0.4, 0.5) is 11.4 Å². The topological polar surface area (TPSA) is 85.3 Å². The quantitative estimate of drug-likeness (QED) is 0.600. The Kier molecular flexibility index (Phi) is 4.45. The zero-order chi connectivity index (χ0) is 17.4. The van der Waals surface area contributed by atoms with E-state index in [0.29, 0.717) is 22.3 Å². The fraction of sp³-hybridized carbons (Fsp3) is 0.500. The monoisotopic (exact) mass is 350 g/mol. The lowest BCUT2D eigenvalue weighted by Gasteiger charge is -2.25. The number of rotatable bonds is 4. The van der Waals surface area contributed by atoms with Gasteiger partial charge in [0.15, 0.2) is 5.82 Å². The van der Waals surface area contributed by atoms with Crippen LogP contribution >= 0.6 is 11.6 Å². The molecule has 2 aromatic rings. The zero-order valence-electron chi connectivity index (χ0n) is 13.8. The van der Waals surface area contributed by atoms with Crippen LogP contribution in [-0.2, 0) is 0 Å². The van der Waals surface area contributed by atoms with E-state index in [1.807, 2.05) is 13.8 Å². The van der Waals surface area contributed by atoms with Gasteiger partial charge < -0.3 is 9.42 Å². The third kappa shape index (κ3) is 2.96. The number of nitro benzene ring substituents is 1. The molecule has 3 rings (SSSR count). The van der Waals surface area contributed by atoms with Crippen LogP contribution in [0.15, 0.2) is 16.7 Å². The third-order valence-corrected chi connectivity index (χ3v) is 4.58. The Morgan fingerprint density at radius 2 is 2.21 bits per heavy atom. The summed E-state index contributed by atoms with van der Waals surface area (Å²) in [5, 5.41) is 15.5. The van der Waals surface area contributed by atoms with Gasteiger partial charge in [0.05, 0.1) is 21.7 Å². The number of anilines is 1. The van der Waals surface area contributed by atoms with Gasteiger partial charge in [0.2, 0.25) is 5.89 Å². The molecular formula is C16H19ClN4O3. The van der Waals surface area contributed by atoms with Gasteiger partial charge in [-0.15, -0.1) is 0 Å². The van der Waals surface area contributed by atoms with E-state index in [1.54, 1.807) is 13.0 Å². The number of hydrogen-bond acceptors (Lipinski definition) is 6. The normalized spacial score (nSPS) is 17.7. The predicted molar refractivity (Wildman–Crippen MR) is 90.6 cm³/mol. The van der Waals surface area contributed by atoms with Crippen molar-refractivity contribution < 1.29 is 9.45 Å². The molecule has 0 radical (unpaired) electrons. The molecule has 24 heavy (non-hydrogen) atoms. The van der Waals surface area contributed by atoms with E-state index in [2.05, 4.69) is 15.0 Å². The summed E-state index contributed by atoms with van der Waals surface area (Å²) in [7, 11) is 0. The molecule has 1 aliphatic rings. The Balaban J connectivity index is 1.95. The first-order valence-corrected chi connectivity index (χ1v) is 8.31. The molecule has 0 bridgehead atoms. The van der Waals surface area contributed by atoms with Gasteiger partial charge in [0.1, 0.15) is 0 Å². The molecule has 1 unspecified atom stereocenters. The van der Waals surface area contributed by atoms with Crippen molar-refractivity contribution in [3.63, 3.8) is 0 Å². The van der Waals surface area contributed by atoms with Crippen molar-refractivity contribution in [1.82, 2.24) is 10.1 Å². The van der Waals surface area contributed by atoms with Crippen molar-refractivity contribution in [2.45, 2.75) is 45.6 Å². The van der Waals surface area contributed by atoms with Crippen LogP contribution in [0.1, 0.15) is 55.9 Å². The van der Waals surface area contributed by atoms with Crippen molar-refractivity contribution in [2.24, 2.45) is 0 Å². The standard InChI is InChI=1S/C16H19ClN4O3/c1-9(2)16-18-15(19-24-16)12-5-4-6-20(12)14-7-10(3)13(21(22)23)8-11(14)17/h7-9,12H,4-6H2,1-3H3. The van der Waals surface area contributed by atoms with Gasteiger partial charge in [-0.1, -0.05) is 30.6 Å². The predicted octanol–water partition coefficient (Wildman–Crippen LogP) is 4.40. The van der Waals surface area contributed by atoms with Crippen LogP contribution in [0.2, 0.25) is 5.02 Å². The van der Waals surface area contributed by atoms with Gasteiger partial charge >= 0.3 is 0 Å². The molecule has 0 aliphatic carbocycles. The van der Waals surface area contributed by atoms with E-state index >= 15 is 0 Å². The van der Waals surface area contributed by atoms with E-state index in [9.17, 15) is 10.1 Å². The van der Waals surface area contributed by atoms with E-state index in [4.69, 9.17) is 16.1 Å². The Morgan fingerprint density at radius 3 is 2.83 bits per heavy atom. The maximum atomic E-state index is 11.1. The Morgan fingerprint density at radius 1 is 1.46 bits per heavy atom. The zero-order valence-corrected chi connectivity index (χ0v) is 14.6. The maximum Gasteiger partial charge on any atom is 0.273 e. The summed E-state index contributed by atoms with van der Waals surface area (Å²) in [6, 6.07) is 3.15. The molecular weight excluding hydrogens is 332 g/mol. The molecule has 1 aliphatic heterocycles. The summed E-state index contributed by atoms with van der Waals surface area (Å²) in [6.07, 6.45) is 1.87. The summed E-state index contributed by atoms with van der Waals surface area (Å²) in [6.45, 7) is 6.52. The van der Waals surface area contributed by atoms with Crippen LogP contribution in [-0.4, -0.2) is 21.6 Å². The van der Waals surface area contributed by atoms with Gasteiger partial charge in [-0.05, 0) is 25.8 Å². The second-order valence-electron chi connectivity index (χ2n) is 6.34. The molecule has 1 aromatic carbocycles. The Labute approximate surface area is 144 Å². The number of halogens is 1. The van der Waals surface area contributed by atoms with Crippen molar-refractivity contribution in [3.8, 4) is 0 Å². The number of aromatic nitrogens is 2. The number of benzene rings is 1. The van der Waals surface area contributed by atoms with Gasteiger partial charge in [-0.2, -0.15) is 4.98 Å². The summed E-state index contributed by atoms with van der Waals surface area (Å²) in [4.78, 5) is 17.2. The van der Waals surface area contributed by atoms with Crippen LogP contribution in [0.5, 0.6) is 0 Å². The van der Waals surface area contributed by atoms with E-state index in [-0.39, 0.29) is 17.6 Å². The van der Waals surface area contributed by atoms with Crippen LogP contribution in [0, 0.1) is 17.0 Å². The van der Waals surface area contributed by atoms with Gasteiger partial charge in [-0.3, -0.25) is 10.1 Å². The molecule has 2 heterocycles. The second-order valence-corrected chi connectivity index (χ2v) is 6.75. The Hall–Kier alpha value is -2.15. The molecule has 0 spiro atoms. The Bertz CT molecular complexity index is 775. The lowest BCUT2D eigenvalue weighted by Crippen LogP contribution is -2.24. The highest BCUT2D eigenvalue weighted by Gasteiger charge is 2.32. The molecule has 1 aromatic heterocycles. The fourth-order valence-electron chi connectivity index (χ4n) is 3.01. The molecule has 1 atom stereocenters. The average Bonchev–Trinajstić information content (AvgIpc) is 3.16. The molecule has 0 N–H and O–H groups in total. The first-order chi connectivity index (χ1) is 11.4. The van der Waals surface area contributed by atoms with Crippen molar-refractivity contribution in [1.29, 1.82) is 0 Å². The van der Waals surface area contributed by atoms with Crippen molar-refractivity contribution in [3.05, 3.63) is 44.5 Å². The molecule has 128 valence electrons. The molecule has 8 heteroatoms. The van der Waals surface area contributed by atoms with E-state index in [1.165, 1.54) is 6.07 Å². The molecule has 1 saturated heterocycles. The summed E-state index contributed by atoms with van der Waals surface area (Å²) < 4.78 is 5.32. The first-order valence-electron chi connectivity index (χ1n) is 7.93. The molecule has 0 amide bonds. The van der Waals surface area contributed by atoms with E-state index in [0.717, 1.165) is 25.1 Å². The lowest BCUT2D eigenvalue weighted by molar-refractivity contribution is -0.385. The smallest absolute Gasteiger partial charge is 0.273 e. The SMILES string of the molecule is Cc1cc(N2CCCC2c2noc(C(C)C)n2)c(Cl)cc1[N+](=O)[O-]. The second kappa shape index (κ2) is 6.39. The summed E-state index contributed by atoms with van der Waals surface area (Å²) in [5.74, 6) is 1.43. The van der Waals surface area contributed by atoms with Gasteiger partial charge in [-0.25, -0.2) is 0 Å². The largest absolute Gasteiger partial charge is 0.360 e. The van der Waals surface area contributed by atoms with Gasteiger partial charge in [0, 0.05) is 24.1 Å². The average molecular weight is 351 g/mol. The molecule has 1 fully saturated rings. The lowest BCUT2D eigenvalue weighted by atomic mass is 10.1. The van der Waals surface area contributed by atoms with E-state index < -0.39 is 4.92 Å². The number of nitro groups is 1. The highest BCUT2D eigenvalue weighted by Crippen LogP contribution is 2.41. The van der Waals surface area contributed by atoms with Crippen molar-refractivity contribution >= 4 is 23.0 Å². The minimum absolute atomic E-state index is 0.0281. The minimum Gasteiger partial charge on any atom is -0.360 e. The van der Waals surface area contributed by atoms with Crippen LogP contribution < -0.4 is 4.90 Å². The highest BCUT2D eigenvalue weighted by atomic mass is 35.5. The maximum absolute atomic E-state index is 11.1. The van der Waals surface area contributed by atoms with Crippen molar-refractivity contribution in [2.75, 3.05) is 11.4 Å². The molecule has 7 nitrogen and oxygen atoms in total. The fourth-order valence-corrected chi connectivity index (χ4v) is 3.28. The van der Waals surface area contributed by atoms with Crippen LogP contribution in [0.25, 0.3) is 0 Å². The van der Waals surface area contributed by atoms with Crippen LogP contribution in [0.3, 0.4) is 0 Å². The van der Waals surface area contributed by atoms with Gasteiger partial charge in [0.25, 0.3) is 5.69 Å². The third-order valence-electron chi connectivity index (χ3n) is 4.27. The number of hydrogen-bond donors (Lipinski definition) is 0. The number of aryl methyl sites for hydroxylation is 1.